The van der Waals surface area contributed by atoms with Crippen LogP contribution < -0.4 is 14.8 Å². The third kappa shape index (κ3) is 2.07. The molecular formula is C16H23NO3. The molecule has 4 heteroatoms. The van der Waals surface area contributed by atoms with Crippen molar-refractivity contribution in [3.63, 3.8) is 0 Å². The number of aliphatic hydroxyl groups is 1. The predicted molar refractivity (Wildman–Crippen MR) is 77.5 cm³/mol. The van der Waals surface area contributed by atoms with Crippen molar-refractivity contribution >= 4 is 0 Å². The molecule has 2 unspecified atom stereocenters. The molecule has 0 bridgehead atoms. The zero-order chi connectivity index (χ0) is 14.2. The summed E-state index contributed by atoms with van der Waals surface area (Å²) in [4.78, 5) is 0. The van der Waals surface area contributed by atoms with Crippen LogP contribution >= 0.6 is 0 Å². The Morgan fingerprint density at radius 2 is 2.00 bits per heavy atom. The third-order valence-electron chi connectivity index (χ3n) is 5.02. The fraction of sp³-hybridized carbons (Fsp3) is 0.625. The van der Waals surface area contributed by atoms with Crippen LogP contribution in [0.4, 0.5) is 0 Å². The molecule has 0 amide bonds. The van der Waals surface area contributed by atoms with E-state index >= 15 is 0 Å². The predicted octanol–water partition coefficient (Wildman–Crippen LogP) is 1.85. The highest BCUT2D eigenvalue weighted by atomic mass is 16.5. The van der Waals surface area contributed by atoms with E-state index in [1.165, 1.54) is 5.56 Å². The van der Waals surface area contributed by atoms with E-state index in [1.807, 2.05) is 6.07 Å². The molecule has 1 saturated heterocycles. The number of rotatable bonds is 3. The lowest BCUT2D eigenvalue weighted by molar-refractivity contribution is 0.0843. The van der Waals surface area contributed by atoms with Crippen molar-refractivity contribution in [1.29, 1.82) is 0 Å². The number of ether oxygens (including phenoxy) is 2. The first-order chi connectivity index (χ1) is 9.69. The standard InChI is InChI=1S/C16H23NO3/c1-19-13-4-3-11(9-14(13)20-2)16-6-5-12(18)10-15(16)17-8-7-16/h3-4,9,12,15,17-18H,5-8,10H2,1-2H3/t12?,15-,16?/m0/s1. The van der Waals surface area contributed by atoms with E-state index in [0.717, 1.165) is 43.7 Å². The highest BCUT2D eigenvalue weighted by molar-refractivity contribution is 5.46. The maximum Gasteiger partial charge on any atom is 0.161 e. The average Bonchev–Trinajstić information content (AvgIpc) is 2.90. The van der Waals surface area contributed by atoms with E-state index in [9.17, 15) is 5.11 Å². The second-order valence-electron chi connectivity index (χ2n) is 5.91. The van der Waals surface area contributed by atoms with Gasteiger partial charge in [0.2, 0.25) is 0 Å². The summed E-state index contributed by atoms with van der Waals surface area (Å²) in [6.45, 7) is 1.02. The first-order valence-corrected chi connectivity index (χ1v) is 7.33. The number of fused-ring (bicyclic) bond motifs is 1. The number of nitrogens with one attached hydrogen (secondary N) is 1. The van der Waals surface area contributed by atoms with Crippen LogP contribution in [-0.2, 0) is 5.41 Å². The van der Waals surface area contributed by atoms with Crippen molar-refractivity contribution in [2.75, 3.05) is 20.8 Å². The van der Waals surface area contributed by atoms with Gasteiger partial charge in [-0.05, 0) is 49.9 Å². The van der Waals surface area contributed by atoms with E-state index < -0.39 is 0 Å². The maximum absolute atomic E-state index is 9.92. The third-order valence-corrected chi connectivity index (χ3v) is 5.02. The van der Waals surface area contributed by atoms with Crippen LogP contribution in [-0.4, -0.2) is 38.0 Å². The minimum Gasteiger partial charge on any atom is -0.493 e. The van der Waals surface area contributed by atoms with Gasteiger partial charge in [0.25, 0.3) is 0 Å². The zero-order valence-electron chi connectivity index (χ0n) is 12.2. The van der Waals surface area contributed by atoms with Crippen LogP contribution in [0.25, 0.3) is 0 Å². The Morgan fingerprint density at radius 1 is 1.20 bits per heavy atom. The van der Waals surface area contributed by atoms with Gasteiger partial charge >= 0.3 is 0 Å². The van der Waals surface area contributed by atoms with E-state index in [2.05, 4.69) is 17.4 Å². The van der Waals surface area contributed by atoms with Crippen molar-refractivity contribution in [3.8, 4) is 11.5 Å². The Kier molecular flexibility index (Phi) is 3.61. The first kappa shape index (κ1) is 13.7. The molecular weight excluding hydrogens is 254 g/mol. The van der Waals surface area contributed by atoms with Crippen molar-refractivity contribution in [2.24, 2.45) is 0 Å². The van der Waals surface area contributed by atoms with Crippen LogP contribution in [0.15, 0.2) is 18.2 Å². The van der Waals surface area contributed by atoms with E-state index in [0.29, 0.717) is 6.04 Å². The molecule has 1 aromatic carbocycles. The summed E-state index contributed by atoms with van der Waals surface area (Å²) in [5.41, 5.74) is 1.44. The molecule has 1 heterocycles. The molecule has 0 aromatic heterocycles. The second kappa shape index (κ2) is 5.26. The highest BCUT2D eigenvalue weighted by Gasteiger charge is 2.47. The average molecular weight is 277 g/mol. The first-order valence-electron chi connectivity index (χ1n) is 7.33. The van der Waals surface area contributed by atoms with Gasteiger partial charge in [-0.2, -0.15) is 0 Å². The zero-order valence-corrected chi connectivity index (χ0v) is 12.2. The summed E-state index contributed by atoms with van der Waals surface area (Å²) in [7, 11) is 3.33. The van der Waals surface area contributed by atoms with Crippen molar-refractivity contribution in [2.45, 2.75) is 43.2 Å². The molecule has 1 aliphatic heterocycles. The van der Waals surface area contributed by atoms with Gasteiger partial charge in [-0.3, -0.25) is 0 Å². The van der Waals surface area contributed by atoms with E-state index in [-0.39, 0.29) is 11.5 Å². The Balaban J connectivity index is 1.98. The van der Waals surface area contributed by atoms with Crippen molar-refractivity contribution < 1.29 is 14.6 Å². The largest absolute Gasteiger partial charge is 0.493 e. The molecule has 1 aliphatic carbocycles. The molecule has 110 valence electrons. The van der Waals surface area contributed by atoms with Gasteiger partial charge in [-0.1, -0.05) is 6.07 Å². The molecule has 3 atom stereocenters. The number of aliphatic hydroxyl groups excluding tert-OH is 1. The number of hydrogen-bond donors (Lipinski definition) is 2. The summed E-state index contributed by atoms with van der Waals surface area (Å²) in [5.74, 6) is 1.56. The van der Waals surface area contributed by atoms with Gasteiger partial charge < -0.3 is 19.9 Å². The summed E-state index contributed by atoms with van der Waals surface area (Å²) < 4.78 is 10.8. The van der Waals surface area contributed by atoms with E-state index in [4.69, 9.17) is 9.47 Å². The van der Waals surface area contributed by atoms with E-state index in [1.54, 1.807) is 14.2 Å². The number of methoxy groups -OCH3 is 2. The van der Waals surface area contributed by atoms with Crippen molar-refractivity contribution in [3.05, 3.63) is 23.8 Å². The molecule has 1 aromatic rings. The lowest BCUT2D eigenvalue weighted by Crippen LogP contribution is -2.46. The number of benzene rings is 1. The van der Waals surface area contributed by atoms with Crippen LogP contribution in [0.5, 0.6) is 11.5 Å². The monoisotopic (exact) mass is 277 g/mol. The molecule has 0 radical (unpaired) electrons. The topological polar surface area (TPSA) is 50.7 Å². The molecule has 2 N–H and O–H groups in total. The van der Waals surface area contributed by atoms with Gasteiger partial charge in [0.05, 0.1) is 20.3 Å². The molecule has 2 aliphatic rings. The Hall–Kier alpha value is -1.26. The maximum atomic E-state index is 9.92. The Labute approximate surface area is 120 Å². The Morgan fingerprint density at radius 3 is 2.75 bits per heavy atom. The fourth-order valence-electron chi connectivity index (χ4n) is 3.90. The minimum atomic E-state index is -0.168. The summed E-state index contributed by atoms with van der Waals surface area (Å²) >= 11 is 0. The quantitative estimate of drug-likeness (QED) is 0.885. The van der Waals surface area contributed by atoms with Gasteiger partial charge in [0, 0.05) is 11.5 Å². The normalized spacial score (nSPS) is 32.8. The summed E-state index contributed by atoms with van der Waals surface area (Å²) in [6.07, 6.45) is 3.71. The van der Waals surface area contributed by atoms with Gasteiger partial charge in [-0.15, -0.1) is 0 Å². The summed E-state index contributed by atoms with van der Waals surface area (Å²) in [5, 5.41) is 13.5. The molecule has 20 heavy (non-hydrogen) atoms. The second-order valence-corrected chi connectivity index (χ2v) is 5.91. The van der Waals surface area contributed by atoms with Crippen LogP contribution in [0.1, 0.15) is 31.2 Å². The van der Waals surface area contributed by atoms with Crippen molar-refractivity contribution in [1.82, 2.24) is 5.32 Å². The van der Waals surface area contributed by atoms with Gasteiger partial charge in [-0.25, -0.2) is 0 Å². The SMILES string of the molecule is COc1ccc(C23CCN[C@H]2CC(O)CC3)cc1OC. The van der Waals surface area contributed by atoms with Crippen LogP contribution in [0.3, 0.4) is 0 Å². The highest BCUT2D eigenvalue weighted by Crippen LogP contribution is 2.47. The molecule has 1 saturated carbocycles. The Bertz CT molecular complexity index is 491. The summed E-state index contributed by atoms with van der Waals surface area (Å²) in [6, 6.07) is 6.61. The minimum absolute atomic E-state index is 0.138. The van der Waals surface area contributed by atoms with Gasteiger partial charge in [0.1, 0.15) is 0 Å². The molecule has 0 spiro atoms. The van der Waals surface area contributed by atoms with Crippen LogP contribution in [0.2, 0.25) is 0 Å². The molecule has 2 fully saturated rings. The fourth-order valence-corrected chi connectivity index (χ4v) is 3.90. The smallest absolute Gasteiger partial charge is 0.161 e. The lowest BCUT2D eigenvalue weighted by atomic mass is 9.65. The number of hydrogen-bond acceptors (Lipinski definition) is 4. The molecule has 4 nitrogen and oxygen atoms in total. The van der Waals surface area contributed by atoms with Crippen LogP contribution in [0, 0.1) is 0 Å². The van der Waals surface area contributed by atoms with Gasteiger partial charge in [0.15, 0.2) is 11.5 Å². The molecule has 3 rings (SSSR count). The lowest BCUT2D eigenvalue weighted by Gasteiger charge is -2.41.